The number of rotatable bonds is 2. The molecule has 18 heavy (non-hydrogen) atoms. The molecule has 1 heterocycles. The monoisotopic (exact) mass is 262 g/mol. The second kappa shape index (κ2) is 4.96. The predicted octanol–water partition coefficient (Wildman–Crippen LogP) is 2.57. The van der Waals surface area contributed by atoms with Gasteiger partial charge in [0.1, 0.15) is 0 Å². The Morgan fingerprint density at radius 2 is 2.06 bits per heavy atom. The highest BCUT2D eigenvalue weighted by Crippen LogP contribution is 2.23. The molecule has 0 aliphatic heterocycles. The zero-order valence-electron chi connectivity index (χ0n) is 10.4. The lowest BCUT2D eigenvalue weighted by Crippen LogP contribution is -2.17. The molecule has 0 spiro atoms. The van der Waals surface area contributed by atoms with E-state index in [9.17, 15) is 4.79 Å². The maximum Gasteiger partial charge on any atom is 0.186 e. The number of hydrogen-bond donors (Lipinski definition) is 1. The van der Waals surface area contributed by atoms with E-state index in [1.54, 1.807) is 12.3 Å². The van der Waals surface area contributed by atoms with Crippen LogP contribution in [-0.4, -0.2) is 4.57 Å². The Labute approximate surface area is 111 Å². The van der Waals surface area contributed by atoms with Gasteiger partial charge in [-0.05, 0) is 31.5 Å². The quantitative estimate of drug-likeness (QED) is 0.904. The molecule has 0 atom stereocenters. The summed E-state index contributed by atoms with van der Waals surface area (Å²) in [5.74, 6) is 0. The number of nitrogens with two attached hydrogens (primary N) is 1. The molecule has 0 amide bonds. The molecule has 3 nitrogen and oxygen atoms in total. The fraction of sp³-hybridized carbons (Fsp3) is 0.214. The Kier molecular flexibility index (Phi) is 3.55. The molecule has 0 aliphatic rings. The Morgan fingerprint density at radius 1 is 1.33 bits per heavy atom. The summed E-state index contributed by atoms with van der Waals surface area (Å²) in [5, 5.41) is 0.708. The average molecular weight is 263 g/mol. The molecule has 94 valence electrons. The van der Waals surface area contributed by atoms with Gasteiger partial charge >= 0.3 is 0 Å². The number of hydrogen-bond acceptors (Lipinski definition) is 2. The van der Waals surface area contributed by atoms with Crippen LogP contribution in [0.3, 0.4) is 0 Å². The molecule has 4 heteroatoms. The lowest BCUT2D eigenvalue weighted by Gasteiger charge is -2.15. The molecule has 2 rings (SSSR count). The molecule has 2 N–H and O–H groups in total. The first kappa shape index (κ1) is 12.9. The Hall–Kier alpha value is -1.58. The van der Waals surface area contributed by atoms with E-state index >= 15 is 0 Å². The van der Waals surface area contributed by atoms with E-state index in [0.29, 0.717) is 10.6 Å². The van der Waals surface area contributed by atoms with E-state index in [2.05, 4.69) is 0 Å². The van der Waals surface area contributed by atoms with Crippen LogP contribution in [0.1, 0.15) is 16.8 Å². The van der Waals surface area contributed by atoms with Gasteiger partial charge in [0.15, 0.2) is 5.43 Å². The van der Waals surface area contributed by atoms with Crippen molar-refractivity contribution in [2.75, 3.05) is 0 Å². The third kappa shape index (κ3) is 2.19. The van der Waals surface area contributed by atoms with Crippen molar-refractivity contribution in [3.05, 3.63) is 62.5 Å². The van der Waals surface area contributed by atoms with Crippen LogP contribution < -0.4 is 11.2 Å². The van der Waals surface area contributed by atoms with Gasteiger partial charge in [-0.25, -0.2) is 0 Å². The highest BCUT2D eigenvalue weighted by molar-refractivity contribution is 6.31. The number of nitrogens with zero attached hydrogens (tertiary/aromatic N) is 1. The number of benzene rings is 1. The summed E-state index contributed by atoms with van der Waals surface area (Å²) in [6, 6.07) is 7.31. The molecule has 1 aromatic heterocycles. The van der Waals surface area contributed by atoms with Gasteiger partial charge in [0.25, 0.3) is 0 Å². The van der Waals surface area contributed by atoms with Crippen molar-refractivity contribution in [2.24, 2.45) is 5.73 Å². The third-order valence-corrected chi connectivity index (χ3v) is 3.45. The van der Waals surface area contributed by atoms with Crippen LogP contribution in [0.15, 0.2) is 35.3 Å². The molecule has 2 aromatic rings. The molecule has 0 saturated carbocycles. The van der Waals surface area contributed by atoms with Gasteiger partial charge < -0.3 is 10.3 Å². The Bertz CT molecular complexity index is 647. The van der Waals surface area contributed by atoms with Crippen molar-refractivity contribution in [2.45, 2.75) is 20.4 Å². The summed E-state index contributed by atoms with van der Waals surface area (Å²) in [6.07, 6.45) is 1.79. The number of halogens is 1. The van der Waals surface area contributed by atoms with E-state index in [1.165, 1.54) is 0 Å². The second-order valence-corrected chi connectivity index (χ2v) is 4.67. The minimum absolute atomic E-state index is 0.0223. The summed E-state index contributed by atoms with van der Waals surface area (Å²) < 4.78 is 1.95. The normalized spacial score (nSPS) is 10.7. The second-order valence-electron chi connectivity index (χ2n) is 4.26. The van der Waals surface area contributed by atoms with E-state index in [-0.39, 0.29) is 12.0 Å². The van der Waals surface area contributed by atoms with Gasteiger partial charge in [-0.3, -0.25) is 4.79 Å². The van der Waals surface area contributed by atoms with Gasteiger partial charge in [-0.15, -0.1) is 0 Å². The first-order chi connectivity index (χ1) is 8.54. The zero-order chi connectivity index (χ0) is 13.3. The summed E-state index contributed by atoms with van der Waals surface area (Å²) in [5.41, 5.74) is 8.96. The minimum Gasteiger partial charge on any atom is -0.326 e. The van der Waals surface area contributed by atoms with Crippen LogP contribution >= 0.6 is 11.6 Å². The van der Waals surface area contributed by atoms with Crippen molar-refractivity contribution in [3.63, 3.8) is 0 Å². The molecule has 1 aromatic carbocycles. The van der Waals surface area contributed by atoms with Crippen molar-refractivity contribution in [1.29, 1.82) is 0 Å². The fourth-order valence-corrected chi connectivity index (χ4v) is 2.11. The lowest BCUT2D eigenvalue weighted by molar-refractivity contribution is 0.916. The van der Waals surface area contributed by atoms with E-state index in [1.807, 2.05) is 36.6 Å². The van der Waals surface area contributed by atoms with Crippen molar-refractivity contribution in [3.8, 4) is 5.69 Å². The first-order valence-corrected chi connectivity index (χ1v) is 6.10. The molecule has 0 fully saturated rings. The average Bonchev–Trinajstić information content (AvgIpc) is 2.34. The van der Waals surface area contributed by atoms with Crippen molar-refractivity contribution >= 4 is 11.6 Å². The van der Waals surface area contributed by atoms with E-state index in [4.69, 9.17) is 17.3 Å². The van der Waals surface area contributed by atoms with E-state index in [0.717, 1.165) is 16.9 Å². The Balaban J connectivity index is 2.71. The van der Waals surface area contributed by atoms with Crippen LogP contribution in [0.4, 0.5) is 0 Å². The fourth-order valence-electron chi connectivity index (χ4n) is 1.94. The molecule has 0 bridgehead atoms. The first-order valence-electron chi connectivity index (χ1n) is 5.72. The predicted molar refractivity (Wildman–Crippen MR) is 74.4 cm³/mol. The van der Waals surface area contributed by atoms with E-state index < -0.39 is 0 Å². The van der Waals surface area contributed by atoms with Gasteiger partial charge in [-0.2, -0.15) is 0 Å². The molecular formula is C14H15ClN2O. The van der Waals surface area contributed by atoms with Gasteiger partial charge in [0.05, 0.1) is 0 Å². The standard InChI is InChI=1S/C14H15ClN2O/c1-9-6-14(18)11(7-16)8-17(9)13-5-3-4-12(15)10(13)2/h3-6,8H,7,16H2,1-2H3. The molecule has 0 saturated heterocycles. The van der Waals surface area contributed by atoms with Crippen LogP contribution in [0.2, 0.25) is 5.02 Å². The number of pyridine rings is 1. The molecule has 0 aliphatic carbocycles. The smallest absolute Gasteiger partial charge is 0.186 e. The topological polar surface area (TPSA) is 48.0 Å². The number of aromatic nitrogens is 1. The molecule has 0 radical (unpaired) electrons. The number of aryl methyl sites for hydroxylation is 1. The third-order valence-electron chi connectivity index (χ3n) is 3.04. The maximum atomic E-state index is 11.7. The highest BCUT2D eigenvalue weighted by atomic mass is 35.5. The SMILES string of the molecule is Cc1c(Cl)cccc1-n1cc(CN)c(=O)cc1C. The molecule has 0 unspecified atom stereocenters. The van der Waals surface area contributed by atoms with Gasteiger partial charge in [0.2, 0.25) is 0 Å². The van der Waals surface area contributed by atoms with Crippen LogP contribution in [-0.2, 0) is 6.54 Å². The zero-order valence-corrected chi connectivity index (χ0v) is 11.2. The highest BCUT2D eigenvalue weighted by Gasteiger charge is 2.08. The summed E-state index contributed by atoms with van der Waals surface area (Å²) in [4.78, 5) is 11.7. The van der Waals surface area contributed by atoms with Crippen LogP contribution in [0, 0.1) is 13.8 Å². The largest absolute Gasteiger partial charge is 0.326 e. The lowest BCUT2D eigenvalue weighted by atomic mass is 10.1. The summed E-state index contributed by atoms with van der Waals surface area (Å²) in [7, 11) is 0. The van der Waals surface area contributed by atoms with Crippen molar-refractivity contribution < 1.29 is 0 Å². The molecular weight excluding hydrogens is 248 g/mol. The summed E-state index contributed by atoms with van der Waals surface area (Å²) in [6.45, 7) is 4.08. The van der Waals surface area contributed by atoms with Gasteiger partial charge in [-0.1, -0.05) is 17.7 Å². The van der Waals surface area contributed by atoms with Crippen LogP contribution in [0.5, 0.6) is 0 Å². The summed E-state index contributed by atoms with van der Waals surface area (Å²) >= 11 is 6.12. The minimum atomic E-state index is -0.0223. The van der Waals surface area contributed by atoms with Gasteiger partial charge in [0, 0.05) is 40.8 Å². The van der Waals surface area contributed by atoms with Crippen LogP contribution in [0.25, 0.3) is 5.69 Å². The Morgan fingerprint density at radius 3 is 2.72 bits per heavy atom. The van der Waals surface area contributed by atoms with Crippen molar-refractivity contribution in [1.82, 2.24) is 4.57 Å². The maximum absolute atomic E-state index is 11.7.